The first-order chi connectivity index (χ1) is 41.1. The van der Waals surface area contributed by atoms with Gasteiger partial charge in [-0.15, -0.1) is 0 Å². The predicted molar refractivity (Wildman–Crippen MR) is 358 cm³/mol. The molecule has 12 aromatic rings. The molecule has 0 saturated carbocycles. The molecule has 0 bridgehead atoms. The van der Waals surface area contributed by atoms with Gasteiger partial charge in [-0.1, -0.05) is 270 Å². The third-order valence-electron chi connectivity index (χ3n) is 17.5. The van der Waals surface area contributed by atoms with Gasteiger partial charge in [0.05, 0.1) is 0 Å². The quantitative estimate of drug-likeness (QED) is 0.106. The smallest absolute Gasteiger partial charge is 0.0465 e. The van der Waals surface area contributed by atoms with Crippen molar-refractivity contribution in [1.82, 2.24) is 0 Å². The lowest BCUT2D eigenvalue weighted by Gasteiger charge is -2.28. The second-order valence-corrected chi connectivity index (χ2v) is 23.4. The molecule has 0 fully saturated rings. The highest BCUT2D eigenvalue weighted by Crippen LogP contribution is 2.53. The molecule has 0 aromatic heterocycles. The van der Waals surface area contributed by atoms with Crippen LogP contribution in [0, 0.1) is 0 Å². The van der Waals surface area contributed by atoms with Gasteiger partial charge in [0.1, 0.15) is 0 Å². The molecule has 402 valence electrons. The molecule has 2 aliphatic rings. The molecule has 0 amide bonds. The summed E-state index contributed by atoms with van der Waals surface area (Å²) in [5.41, 5.74) is 29.1. The number of hydrogen-bond acceptors (Lipinski definition) is 2. The summed E-state index contributed by atoms with van der Waals surface area (Å²) in [7, 11) is 0. The van der Waals surface area contributed by atoms with Crippen molar-refractivity contribution >= 4 is 58.4 Å². The van der Waals surface area contributed by atoms with E-state index in [9.17, 15) is 0 Å². The van der Waals surface area contributed by atoms with Crippen LogP contribution < -0.4 is 9.80 Å². The van der Waals surface area contributed by atoms with Crippen molar-refractivity contribution < 1.29 is 0 Å². The van der Waals surface area contributed by atoms with E-state index in [-0.39, 0.29) is 10.8 Å². The van der Waals surface area contributed by atoms with E-state index in [1.165, 1.54) is 100 Å². The van der Waals surface area contributed by atoms with Crippen LogP contribution in [0.4, 0.5) is 34.1 Å². The van der Waals surface area contributed by atoms with Crippen molar-refractivity contribution in [1.29, 1.82) is 0 Å². The van der Waals surface area contributed by atoms with Gasteiger partial charge in [0.2, 0.25) is 0 Å². The highest BCUT2D eigenvalue weighted by molar-refractivity contribution is 5.90. The maximum absolute atomic E-state index is 2.41. The third kappa shape index (κ3) is 9.76. The predicted octanol–water partition coefficient (Wildman–Crippen LogP) is 22.6. The number of benzene rings is 12. The summed E-state index contributed by atoms with van der Waals surface area (Å²) in [4.78, 5) is 4.75. The minimum Gasteiger partial charge on any atom is -0.310 e. The van der Waals surface area contributed by atoms with Crippen molar-refractivity contribution in [2.45, 2.75) is 38.5 Å². The van der Waals surface area contributed by atoms with Crippen LogP contribution in [0.15, 0.2) is 291 Å². The summed E-state index contributed by atoms with van der Waals surface area (Å²) >= 11 is 0. The topological polar surface area (TPSA) is 6.48 Å². The number of fused-ring (bicyclic) bond motifs is 6. The summed E-state index contributed by atoms with van der Waals surface area (Å²) in [5, 5.41) is 0. The Hall–Kier alpha value is -10.3. The second-order valence-electron chi connectivity index (χ2n) is 23.4. The van der Waals surface area contributed by atoms with E-state index in [1.807, 2.05) is 0 Å². The number of anilines is 6. The first kappa shape index (κ1) is 51.8. The minimum absolute atomic E-state index is 0.180. The van der Waals surface area contributed by atoms with Crippen LogP contribution in [-0.2, 0) is 10.8 Å². The molecule has 0 radical (unpaired) electrons. The Balaban J connectivity index is 0.645. The average molecular weight is 1080 g/mol. The summed E-state index contributed by atoms with van der Waals surface area (Å²) in [6.45, 7) is 9.48. The fourth-order valence-corrected chi connectivity index (χ4v) is 12.8. The summed E-state index contributed by atoms with van der Waals surface area (Å²) in [6.07, 6.45) is 8.97. The van der Waals surface area contributed by atoms with Crippen LogP contribution in [0.5, 0.6) is 0 Å². The van der Waals surface area contributed by atoms with E-state index in [0.717, 1.165) is 34.1 Å². The van der Waals surface area contributed by atoms with Crippen molar-refractivity contribution in [2.24, 2.45) is 0 Å². The second kappa shape index (κ2) is 21.6. The number of nitrogens with zero attached hydrogens (tertiary/aromatic N) is 2. The SMILES string of the molecule is CC1(C)c2cc(/C=C/c3ccc(-c4ccc(/C=C/c5ccc6c(c5)C(C)(C)c5cc(N(c7ccccc7)c7ccc(-c8ccccc8)cc7)ccc5-6)cc4)cc3)ccc2-c2ccc(N(c3ccccc3)c3ccc(-c4ccccc4)cc3)cc21. The molecule has 84 heavy (non-hydrogen) atoms. The van der Waals surface area contributed by atoms with Crippen molar-refractivity contribution in [3.8, 4) is 55.6 Å². The molecule has 0 unspecified atom stereocenters. The molecule has 14 rings (SSSR count). The number of rotatable bonds is 13. The molecule has 0 atom stereocenters. The van der Waals surface area contributed by atoms with E-state index < -0.39 is 0 Å². The van der Waals surface area contributed by atoms with Gasteiger partial charge in [-0.05, 0) is 173 Å². The Bertz CT molecular complexity index is 4110. The lowest BCUT2D eigenvalue weighted by atomic mass is 9.81. The zero-order valence-corrected chi connectivity index (χ0v) is 47.9. The molecular formula is C82H64N2. The van der Waals surface area contributed by atoms with Gasteiger partial charge < -0.3 is 9.80 Å². The van der Waals surface area contributed by atoms with Gasteiger partial charge in [-0.2, -0.15) is 0 Å². The standard InChI is InChI=1S/C82H64N2/c1-81(2)77-53-59(33-49-73(77)75-51-47-71(55-79(75)81)83(67-21-13-7-14-22-67)69-43-39-65(40-44-69)61-17-9-5-10-18-61)27-25-57-29-35-63(36-30-57)64-37-31-58(32-38-64)26-28-60-34-50-74-76-52-48-72(56-80(76)82(3,4)78(74)54-60)84(68-23-15-8-16-24-68)70-45-41-66(42-46-70)62-19-11-6-12-20-62/h5-56H,1-4H3/b27-25+,28-26+. The molecule has 0 aliphatic heterocycles. The van der Waals surface area contributed by atoms with E-state index in [0.29, 0.717) is 0 Å². The fourth-order valence-electron chi connectivity index (χ4n) is 12.8. The Morgan fingerprint density at radius 3 is 0.798 bits per heavy atom. The third-order valence-corrected chi connectivity index (χ3v) is 17.5. The van der Waals surface area contributed by atoms with Crippen LogP contribution in [0.3, 0.4) is 0 Å². The van der Waals surface area contributed by atoms with Gasteiger partial charge >= 0.3 is 0 Å². The van der Waals surface area contributed by atoms with E-state index in [4.69, 9.17) is 0 Å². The molecule has 2 heteroatoms. The van der Waals surface area contributed by atoms with Crippen molar-refractivity contribution in [3.05, 3.63) is 336 Å². The zero-order chi connectivity index (χ0) is 56.8. The Morgan fingerprint density at radius 2 is 0.452 bits per heavy atom. The monoisotopic (exact) mass is 1080 g/mol. The maximum Gasteiger partial charge on any atom is 0.0465 e. The summed E-state index contributed by atoms with van der Waals surface area (Å²) in [5.74, 6) is 0. The Kier molecular flexibility index (Phi) is 13.3. The van der Waals surface area contributed by atoms with Gasteiger partial charge in [-0.3, -0.25) is 0 Å². The molecule has 2 aliphatic carbocycles. The molecule has 0 spiro atoms. The van der Waals surface area contributed by atoms with Crippen molar-refractivity contribution in [3.63, 3.8) is 0 Å². The molecule has 0 saturated heterocycles. The van der Waals surface area contributed by atoms with Crippen LogP contribution in [0.2, 0.25) is 0 Å². The molecule has 0 N–H and O–H groups in total. The number of para-hydroxylation sites is 2. The zero-order valence-electron chi connectivity index (χ0n) is 47.9. The highest BCUT2D eigenvalue weighted by atomic mass is 15.1. The maximum atomic E-state index is 2.41. The van der Waals surface area contributed by atoms with Crippen LogP contribution >= 0.6 is 0 Å². The van der Waals surface area contributed by atoms with Crippen molar-refractivity contribution in [2.75, 3.05) is 9.80 Å². The Morgan fingerprint density at radius 1 is 0.214 bits per heavy atom. The van der Waals surface area contributed by atoms with Gasteiger partial charge in [0, 0.05) is 45.0 Å². The molecule has 0 heterocycles. The first-order valence-electron chi connectivity index (χ1n) is 29.3. The lowest BCUT2D eigenvalue weighted by Crippen LogP contribution is -2.16. The minimum atomic E-state index is -0.180. The summed E-state index contributed by atoms with van der Waals surface area (Å²) < 4.78 is 0. The van der Waals surface area contributed by atoms with Gasteiger partial charge in [0.25, 0.3) is 0 Å². The van der Waals surface area contributed by atoms with Gasteiger partial charge in [-0.25, -0.2) is 0 Å². The molecule has 12 aromatic carbocycles. The average Bonchev–Trinajstić information content (AvgIpc) is 3.48. The molecule has 2 nitrogen and oxygen atoms in total. The molecular weight excluding hydrogens is 1010 g/mol. The largest absolute Gasteiger partial charge is 0.310 e. The first-order valence-corrected chi connectivity index (χ1v) is 29.3. The highest BCUT2D eigenvalue weighted by Gasteiger charge is 2.38. The summed E-state index contributed by atoms with van der Waals surface area (Å²) in [6, 6.07) is 106. The number of hydrogen-bond donors (Lipinski definition) is 0. The Labute approximate surface area is 495 Å². The van der Waals surface area contributed by atoms with Crippen LogP contribution in [0.1, 0.15) is 72.2 Å². The van der Waals surface area contributed by atoms with Crippen LogP contribution in [0.25, 0.3) is 79.9 Å². The van der Waals surface area contributed by atoms with E-state index >= 15 is 0 Å². The van der Waals surface area contributed by atoms with Crippen LogP contribution in [-0.4, -0.2) is 0 Å². The fraction of sp³-hybridized carbons (Fsp3) is 0.0732. The normalized spacial score (nSPS) is 13.3. The van der Waals surface area contributed by atoms with E-state index in [1.54, 1.807) is 0 Å². The van der Waals surface area contributed by atoms with E-state index in [2.05, 4.69) is 353 Å². The van der Waals surface area contributed by atoms with Gasteiger partial charge in [0.15, 0.2) is 0 Å². The lowest BCUT2D eigenvalue weighted by molar-refractivity contribution is 0.660.